The molecule has 3 aromatic rings. The molecule has 3 nitrogen and oxygen atoms in total. The van der Waals surface area contributed by atoms with Crippen LogP contribution in [0.1, 0.15) is 21.5 Å². The summed E-state index contributed by atoms with van der Waals surface area (Å²) in [6.07, 6.45) is 4.07. The second kappa shape index (κ2) is 5.53. The van der Waals surface area contributed by atoms with Crippen LogP contribution in [0.15, 0.2) is 60.9 Å². The molecule has 110 valence electrons. The van der Waals surface area contributed by atoms with Crippen molar-refractivity contribution in [2.75, 3.05) is 0 Å². The lowest BCUT2D eigenvalue weighted by Crippen LogP contribution is -1.94. The van der Waals surface area contributed by atoms with E-state index < -0.39 is 5.97 Å². The van der Waals surface area contributed by atoms with Gasteiger partial charge in [0.25, 0.3) is 0 Å². The Morgan fingerprint density at radius 1 is 0.909 bits per heavy atom. The molecule has 1 heterocycles. The van der Waals surface area contributed by atoms with Gasteiger partial charge in [0.2, 0.25) is 0 Å². The maximum atomic E-state index is 10.9. The highest BCUT2D eigenvalue weighted by Gasteiger charge is 2.05. The molecule has 3 rings (SSSR count). The minimum absolute atomic E-state index is 0.303. The topological polar surface area (TPSA) is 42.2 Å². The van der Waals surface area contributed by atoms with E-state index in [1.165, 1.54) is 11.1 Å². The fourth-order valence-corrected chi connectivity index (χ4v) is 2.42. The molecule has 0 aliphatic heterocycles. The third-order valence-corrected chi connectivity index (χ3v) is 3.95. The van der Waals surface area contributed by atoms with Crippen LogP contribution in [0.4, 0.5) is 0 Å². The summed E-state index contributed by atoms with van der Waals surface area (Å²) in [5, 5.41) is 8.94. The van der Waals surface area contributed by atoms with Gasteiger partial charge in [0.1, 0.15) is 0 Å². The second-order valence-electron chi connectivity index (χ2n) is 5.46. The number of carboxylic acid groups (broad SMARTS) is 1. The molecule has 1 N–H and O–H groups in total. The molecule has 22 heavy (non-hydrogen) atoms. The molecule has 1 aromatic heterocycles. The summed E-state index contributed by atoms with van der Waals surface area (Å²) in [7, 11) is 0. The van der Waals surface area contributed by atoms with Crippen LogP contribution in [0.3, 0.4) is 0 Å². The van der Waals surface area contributed by atoms with E-state index in [1.807, 2.05) is 24.4 Å². The Kier molecular flexibility index (Phi) is 3.55. The highest BCUT2D eigenvalue weighted by molar-refractivity contribution is 5.88. The normalized spacial score (nSPS) is 10.6. The molecular weight excluding hydrogens is 274 g/mol. The summed E-state index contributed by atoms with van der Waals surface area (Å²) in [6, 6.07) is 15.3. The van der Waals surface area contributed by atoms with Gasteiger partial charge in [-0.15, -0.1) is 0 Å². The predicted octanol–water partition coefficient (Wildman–Crippen LogP) is 4.46. The van der Waals surface area contributed by atoms with E-state index in [0.29, 0.717) is 5.56 Å². The van der Waals surface area contributed by atoms with E-state index in [1.54, 1.807) is 12.1 Å². The maximum Gasteiger partial charge on any atom is 0.335 e. The Morgan fingerprint density at radius 2 is 1.64 bits per heavy atom. The number of rotatable bonds is 3. The van der Waals surface area contributed by atoms with Crippen molar-refractivity contribution in [3.63, 3.8) is 0 Å². The van der Waals surface area contributed by atoms with Crippen LogP contribution in [-0.2, 0) is 0 Å². The number of carbonyl (C=O) groups is 1. The minimum Gasteiger partial charge on any atom is -0.478 e. The Labute approximate surface area is 129 Å². The number of nitrogens with zero attached hydrogens (tertiary/aromatic N) is 1. The van der Waals surface area contributed by atoms with Crippen LogP contribution >= 0.6 is 0 Å². The highest BCUT2D eigenvalue weighted by atomic mass is 16.4. The molecule has 0 bridgehead atoms. The van der Waals surface area contributed by atoms with Crippen LogP contribution in [0.2, 0.25) is 0 Å². The van der Waals surface area contributed by atoms with Gasteiger partial charge in [-0.1, -0.05) is 18.2 Å². The standard InChI is InChI=1S/C19H17NO2/c1-13-3-8-18(11-14(13)2)20-10-9-17(12-20)15-4-6-16(7-5-15)19(21)22/h3-12H,1-2H3,(H,21,22). The molecular formula is C19H17NO2. The summed E-state index contributed by atoms with van der Waals surface area (Å²) < 4.78 is 2.08. The first-order valence-corrected chi connectivity index (χ1v) is 7.14. The van der Waals surface area contributed by atoms with Crippen molar-refractivity contribution in [2.24, 2.45) is 0 Å². The van der Waals surface area contributed by atoms with Crippen LogP contribution < -0.4 is 0 Å². The van der Waals surface area contributed by atoms with Crippen LogP contribution in [-0.4, -0.2) is 15.6 Å². The van der Waals surface area contributed by atoms with Gasteiger partial charge in [0, 0.05) is 18.1 Å². The number of hydrogen-bond donors (Lipinski definition) is 1. The maximum absolute atomic E-state index is 10.9. The smallest absolute Gasteiger partial charge is 0.335 e. The van der Waals surface area contributed by atoms with Gasteiger partial charge in [-0.2, -0.15) is 0 Å². The molecule has 0 saturated heterocycles. The fraction of sp³-hybridized carbons (Fsp3) is 0.105. The molecule has 0 atom stereocenters. The Balaban J connectivity index is 1.93. The van der Waals surface area contributed by atoms with Crippen molar-refractivity contribution in [2.45, 2.75) is 13.8 Å². The first kappa shape index (κ1) is 14.1. The highest BCUT2D eigenvalue weighted by Crippen LogP contribution is 2.23. The number of aryl methyl sites for hydroxylation is 2. The fourth-order valence-electron chi connectivity index (χ4n) is 2.42. The van der Waals surface area contributed by atoms with Crippen LogP contribution in [0, 0.1) is 13.8 Å². The van der Waals surface area contributed by atoms with Crippen LogP contribution in [0.5, 0.6) is 0 Å². The summed E-state index contributed by atoms with van der Waals surface area (Å²) in [5.41, 5.74) is 6.04. The number of benzene rings is 2. The lowest BCUT2D eigenvalue weighted by atomic mass is 10.1. The Bertz CT molecular complexity index is 829. The number of aromatic carboxylic acids is 1. The molecule has 0 fully saturated rings. The van der Waals surface area contributed by atoms with Gasteiger partial charge in [0.15, 0.2) is 0 Å². The van der Waals surface area contributed by atoms with E-state index in [0.717, 1.165) is 16.8 Å². The van der Waals surface area contributed by atoms with Gasteiger partial charge >= 0.3 is 5.97 Å². The second-order valence-corrected chi connectivity index (χ2v) is 5.46. The summed E-state index contributed by atoms with van der Waals surface area (Å²) in [5.74, 6) is -0.903. The lowest BCUT2D eigenvalue weighted by molar-refractivity contribution is 0.0697. The lowest BCUT2D eigenvalue weighted by Gasteiger charge is -2.06. The molecule has 0 amide bonds. The number of carboxylic acids is 1. The van der Waals surface area contributed by atoms with Crippen LogP contribution in [0.25, 0.3) is 16.8 Å². The van der Waals surface area contributed by atoms with Gasteiger partial charge in [-0.25, -0.2) is 4.79 Å². The Hall–Kier alpha value is -2.81. The van der Waals surface area contributed by atoms with Crippen molar-refractivity contribution in [3.05, 3.63) is 77.6 Å². The third-order valence-electron chi connectivity index (χ3n) is 3.95. The summed E-state index contributed by atoms with van der Waals surface area (Å²) in [4.78, 5) is 10.9. The average molecular weight is 291 g/mol. The first-order valence-electron chi connectivity index (χ1n) is 7.14. The van der Waals surface area contributed by atoms with Crippen molar-refractivity contribution in [1.29, 1.82) is 0 Å². The zero-order valence-corrected chi connectivity index (χ0v) is 12.6. The van der Waals surface area contributed by atoms with E-state index in [4.69, 9.17) is 5.11 Å². The van der Waals surface area contributed by atoms with Gasteiger partial charge in [-0.05, 0) is 66.4 Å². The van der Waals surface area contributed by atoms with E-state index in [9.17, 15) is 4.79 Å². The van der Waals surface area contributed by atoms with Crippen molar-refractivity contribution >= 4 is 5.97 Å². The molecule has 0 aliphatic rings. The average Bonchev–Trinajstić information content (AvgIpc) is 3.00. The largest absolute Gasteiger partial charge is 0.478 e. The molecule has 0 saturated carbocycles. The summed E-state index contributed by atoms with van der Waals surface area (Å²) in [6.45, 7) is 4.21. The van der Waals surface area contributed by atoms with Crippen molar-refractivity contribution < 1.29 is 9.90 Å². The minimum atomic E-state index is -0.903. The molecule has 0 aliphatic carbocycles. The molecule has 0 spiro atoms. The predicted molar refractivity (Wildman–Crippen MR) is 87.6 cm³/mol. The molecule has 0 radical (unpaired) electrons. The van der Waals surface area contributed by atoms with Crippen molar-refractivity contribution in [1.82, 2.24) is 4.57 Å². The van der Waals surface area contributed by atoms with E-state index >= 15 is 0 Å². The molecule has 2 aromatic carbocycles. The third kappa shape index (κ3) is 2.66. The first-order chi connectivity index (χ1) is 10.5. The van der Waals surface area contributed by atoms with Gasteiger partial charge < -0.3 is 9.67 Å². The number of aromatic nitrogens is 1. The Morgan fingerprint density at radius 3 is 2.27 bits per heavy atom. The SMILES string of the molecule is Cc1ccc(-n2ccc(-c3ccc(C(=O)O)cc3)c2)cc1C. The van der Waals surface area contributed by atoms with Crippen molar-refractivity contribution in [3.8, 4) is 16.8 Å². The monoisotopic (exact) mass is 291 g/mol. The number of hydrogen-bond acceptors (Lipinski definition) is 1. The van der Waals surface area contributed by atoms with E-state index in [2.05, 4.69) is 42.8 Å². The summed E-state index contributed by atoms with van der Waals surface area (Å²) >= 11 is 0. The quantitative estimate of drug-likeness (QED) is 0.774. The molecule has 3 heteroatoms. The van der Waals surface area contributed by atoms with Gasteiger partial charge in [0.05, 0.1) is 5.56 Å². The van der Waals surface area contributed by atoms with E-state index in [-0.39, 0.29) is 0 Å². The van der Waals surface area contributed by atoms with Gasteiger partial charge in [-0.3, -0.25) is 0 Å². The molecule has 0 unspecified atom stereocenters. The zero-order valence-electron chi connectivity index (χ0n) is 12.6. The zero-order chi connectivity index (χ0) is 15.7.